The third kappa shape index (κ3) is 2.93. The van der Waals surface area contributed by atoms with Gasteiger partial charge in [-0.3, -0.25) is 9.78 Å². The van der Waals surface area contributed by atoms with Crippen molar-refractivity contribution >= 4 is 29.0 Å². The monoisotopic (exact) mass is 393 g/mol. The Labute approximate surface area is 165 Å². The van der Waals surface area contributed by atoms with Crippen LogP contribution in [0.4, 0.5) is 11.6 Å². The fourth-order valence-corrected chi connectivity index (χ4v) is 3.97. The van der Waals surface area contributed by atoms with E-state index in [0.29, 0.717) is 35.1 Å². The van der Waals surface area contributed by atoms with E-state index in [9.17, 15) is 4.79 Å². The summed E-state index contributed by atoms with van der Waals surface area (Å²) in [4.78, 5) is 17.7. The Balaban J connectivity index is 1.58. The number of Topliss-reactive ketones (excluding diaryl/α,β-unsaturated/α-hetero) is 1. The molecule has 1 aromatic carbocycles. The number of pyridine rings is 1. The lowest BCUT2D eigenvalue weighted by Gasteiger charge is -2.29. The van der Waals surface area contributed by atoms with Crippen molar-refractivity contribution in [2.45, 2.75) is 24.8 Å². The zero-order valence-electron chi connectivity index (χ0n) is 14.7. The van der Waals surface area contributed by atoms with Crippen molar-refractivity contribution in [3.63, 3.8) is 0 Å². The Bertz CT molecular complexity index is 1060. The van der Waals surface area contributed by atoms with Gasteiger partial charge < -0.3 is 10.6 Å². The van der Waals surface area contributed by atoms with Crippen LogP contribution in [0.25, 0.3) is 0 Å². The van der Waals surface area contributed by atoms with Gasteiger partial charge in [-0.25, -0.2) is 4.63 Å². The number of hydrogen-bond donors (Lipinski definition) is 2. The van der Waals surface area contributed by atoms with E-state index in [1.165, 1.54) is 0 Å². The van der Waals surface area contributed by atoms with Crippen molar-refractivity contribution in [3.8, 4) is 0 Å². The van der Waals surface area contributed by atoms with Crippen LogP contribution in [0.1, 0.15) is 36.1 Å². The summed E-state index contributed by atoms with van der Waals surface area (Å²) in [5, 5.41) is 15.0. The molecule has 0 saturated carbocycles. The Kier molecular flexibility index (Phi) is 4.09. The highest BCUT2D eigenvalue weighted by molar-refractivity contribution is 6.30. The van der Waals surface area contributed by atoms with Crippen LogP contribution in [-0.2, 0) is 4.79 Å². The topological polar surface area (TPSA) is 92.9 Å². The lowest BCUT2D eigenvalue weighted by atomic mass is 9.79. The number of anilines is 2. The normalized spacial score (nSPS) is 21.2. The number of ketones is 1. The van der Waals surface area contributed by atoms with Gasteiger partial charge in [-0.05, 0) is 52.5 Å². The molecular formula is C20H16ClN5O2. The molecule has 7 nitrogen and oxygen atoms in total. The molecular weight excluding hydrogens is 378 g/mol. The van der Waals surface area contributed by atoms with E-state index in [1.807, 2.05) is 42.5 Å². The number of nitrogens with one attached hydrogen (secondary N) is 2. The number of aromatic nitrogens is 3. The third-order valence-electron chi connectivity index (χ3n) is 5.16. The van der Waals surface area contributed by atoms with E-state index < -0.39 is 6.04 Å². The second kappa shape index (κ2) is 6.76. The molecule has 140 valence electrons. The van der Waals surface area contributed by atoms with Crippen LogP contribution in [0.15, 0.2) is 64.6 Å². The molecule has 2 aliphatic rings. The van der Waals surface area contributed by atoms with E-state index in [2.05, 4.69) is 25.9 Å². The number of carbonyl (C=O) groups is 1. The van der Waals surface area contributed by atoms with E-state index in [-0.39, 0.29) is 11.7 Å². The first kappa shape index (κ1) is 16.9. The quantitative estimate of drug-likeness (QED) is 0.677. The van der Waals surface area contributed by atoms with Gasteiger partial charge in [0.15, 0.2) is 5.78 Å². The van der Waals surface area contributed by atoms with Gasteiger partial charge in [0.25, 0.3) is 0 Å². The van der Waals surface area contributed by atoms with Crippen LogP contribution < -0.4 is 10.6 Å². The molecule has 1 aliphatic heterocycles. The second-order valence-corrected chi connectivity index (χ2v) is 7.33. The standard InChI is InChI=1S/C20H16ClN5O2/c21-13-6-4-11(5-7-13)12-9-15-17(16(27)10-12)18(14-3-1-2-8-22-14)24-20-19(23-15)25-28-26-20/h1-8,12,18H,9-10H2,(H,23,25)(H,24,26)/t12-,18-/m0/s1. The number of hydrogen-bond acceptors (Lipinski definition) is 7. The van der Waals surface area contributed by atoms with Gasteiger partial charge in [0.1, 0.15) is 6.04 Å². The first-order valence-corrected chi connectivity index (χ1v) is 9.35. The first-order chi connectivity index (χ1) is 13.7. The van der Waals surface area contributed by atoms with Crippen LogP contribution >= 0.6 is 11.6 Å². The molecule has 2 N–H and O–H groups in total. The van der Waals surface area contributed by atoms with Crippen molar-refractivity contribution in [1.82, 2.24) is 15.3 Å². The summed E-state index contributed by atoms with van der Waals surface area (Å²) in [7, 11) is 0. The lowest BCUT2D eigenvalue weighted by Crippen LogP contribution is -2.27. The number of fused-ring (bicyclic) bond motifs is 1. The van der Waals surface area contributed by atoms with Gasteiger partial charge in [0.2, 0.25) is 11.6 Å². The van der Waals surface area contributed by atoms with Crippen molar-refractivity contribution in [1.29, 1.82) is 0 Å². The number of halogens is 1. The molecule has 5 rings (SSSR count). The summed E-state index contributed by atoms with van der Waals surface area (Å²) in [5.74, 6) is 1.05. The summed E-state index contributed by atoms with van der Waals surface area (Å²) < 4.78 is 4.87. The van der Waals surface area contributed by atoms with Crippen LogP contribution in [0.3, 0.4) is 0 Å². The van der Waals surface area contributed by atoms with Gasteiger partial charge in [0.05, 0.1) is 5.69 Å². The third-order valence-corrected chi connectivity index (χ3v) is 5.41. The highest BCUT2D eigenvalue weighted by atomic mass is 35.5. The Hall–Kier alpha value is -3.19. The number of carbonyl (C=O) groups excluding carboxylic acids is 1. The Morgan fingerprint density at radius 3 is 2.64 bits per heavy atom. The molecule has 0 amide bonds. The van der Waals surface area contributed by atoms with Gasteiger partial charge in [-0.15, -0.1) is 0 Å². The molecule has 3 heterocycles. The molecule has 28 heavy (non-hydrogen) atoms. The summed E-state index contributed by atoms with van der Waals surface area (Å²) >= 11 is 6.01. The smallest absolute Gasteiger partial charge is 0.219 e. The predicted octanol–water partition coefficient (Wildman–Crippen LogP) is 4.10. The summed E-state index contributed by atoms with van der Waals surface area (Å²) in [6.07, 6.45) is 2.80. The SMILES string of the molecule is O=C1C[C@@H](c2ccc(Cl)cc2)CC2=C1[C@H](c1ccccn1)Nc1nonc1N2. The second-order valence-electron chi connectivity index (χ2n) is 6.89. The van der Waals surface area contributed by atoms with Crippen LogP contribution in [0, 0.1) is 0 Å². The van der Waals surface area contributed by atoms with Gasteiger partial charge in [-0.2, -0.15) is 0 Å². The largest absolute Gasteiger partial charge is 0.351 e. The maximum Gasteiger partial charge on any atom is 0.219 e. The zero-order valence-corrected chi connectivity index (χ0v) is 15.5. The predicted molar refractivity (Wildman–Crippen MR) is 104 cm³/mol. The summed E-state index contributed by atoms with van der Waals surface area (Å²) in [5.41, 5.74) is 3.31. The van der Waals surface area contributed by atoms with Crippen LogP contribution in [0.5, 0.6) is 0 Å². The van der Waals surface area contributed by atoms with Crippen molar-refractivity contribution in [2.24, 2.45) is 0 Å². The minimum Gasteiger partial charge on any atom is -0.351 e. The summed E-state index contributed by atoms with van der Waals surface area (Å²) in [6, 6.07) is 12.9. The molecule has 0 saturated heterocycles. The maximum atomic E-state index is 13.2. The van der Waals surface area contributed by atoms with Crippen LogP contribution in [0.2, 0.25) is 5.02 Å². The average Bonchev–Trinajstić information content (AvgIpc) is 3.08. The van der Waals surface area contributed by atoms with E-state index in [1.54, 1.807) is 6.20 Å². The zero-order chi connectivity index (χ0) is 19.1. The minimum atomic E-state index is -0.421. The molecule has 0 bridgehead atoms. The summed E-state index contributed by atoms with van der Waals surface area (Å²) in [6.45, 7) is 0. The maximum absolute atomic E-state index is 13.2. The van der Waals surface area contributed by atoms with Crippen molar-refractivity contribution in [2.75, 3.05) is 10.6 Å². The fourth-order valence-electron chi connectivity index (χ4n) is 3.84. The molecule has 0 spiro atoms. The number of allylic oxidation sites excluding steroid dienone is 1. The Morgan fingerprint density at radius 2 is 1.86 bits per heavy atom. The highest BCUT2D eigenvalue weighted by Crippen LogP contribution is 2.43. The van der Waals surface area contributed by atoms with E-state index in [4.69, 9.17) is 16.2 Å². The number of benzene rings is 1. The van der Waals surface area contributed by atoms with Gasteiger partial charge in [0, 0.05) is 28.9 Å². The molecule has 1 aliphatic carbocycles. The number of rotatable bonds is 2. The van der Waals surface area contributed by atoms with Crippen LogP contribution in [-0.4, -0.2) is 21.1 Å². The highest BCUT2D eigenvalue weighted by Gasteiger charge is 2.37. The lowest BCUT2D eigenvalue weighted by molar-refractivity contribution is -0.116. The van der Waals surface area contributed by atoms with Gasteiger partial charge in [-0.1, -0.05) is 29.8 Å². The molecule has 2 atom stereocenters. The minimum absolute atomic E-state index is 0.0572. The molecule has 8 heteroatoms. The fraction of sp³-hybridized carbons (Fsp3) is 0.200. The van der Waals surface area contributed by atoms with Crippen molar-refractivity contribution < 1.29 is 9.42 Å². The molecule has 0 unspecified atom stereocenters. The average molecular weight is 394 g/mol. The van der Waals surface area contributed by atoms with E-state index >= 15 is 0 Å². The van der Waals surface area contributed by atoms with Crippen molar-refractivity contribution in [3.05, 3.63) is 76.2 Å². The number of nitrogens with zero attached hydrogens (tertiary/aromatic N) is 3. The molecule has 0 radical (unpaired) electrons. The first-order valence-electron chi connectivity index (χ1n) is 8.98. The van der Waals surface area contributed by atoms with Gasteiger partial charge >= 0.3 is 0 Å². The van der Waals surface area contributed by atoms with E-state index in [0.717, 1.165) is 17.0 Å². The molecule has 2 aromatic heterocycles. The molecule has 0 fully saturated rings. The Morgan fingerprint density at radius 1 is 1.04 bits per heavy atom. The molecule has 3 aromatic rings.